The number of nitrogens with zero attached hydrogens (tertiary/aromatic N) is 1. The lowest BCUT2D eigenvalue weighted by Gasteiger charge is -2.12. The Morgan fingerprint density at radius 1 is 1.04 bits per heavy atom. The molecule has 132 valence electrons. The third-order valence-corrected chi connectivity index (χ3v) is 3.98. The standard InChI is InChI=1S/C21H20N2O3/c1-3-14-23-20(24)18(15-10-12-17(13-11-15)26-4-2)19(21(23)25)22-16-8-6-5-7-9-16/h3,5-13,22H,1,4,14H2,2H3. The summed E-state index contributed by atoms with van der Waals surface area (Å²) in [6.07, 6.45) is 1.54. The molecule has 0 saturated carbocycles. The summed E-state index contributed by atoms with van der Waals surface area (Å²) in [6.45, 7) is 6.27. The van der Waals surface area contributed by atoms with Crippen molar-refractivity contribution < 1.29 is 14.3 Å². The van der Waals surface area contributed by atoms with Crippen LogP contribution < -0.4 is 10.1 Å². The fourth-order valence-corrected chi connectivity index (χ4v) is 2.81. The summed E-state index contributed by atoms with van der Waals surface area (Å²) < 4.78 is 5.45. The van der Waals surface area contributed by atoms with E-state index in [4.69, 9.17) is 4.74 Å². The molecular formula is C21H20N2O3. The Hall–Kier alpha value is -3.34. The van der Waals surface area contributed by atoms with E-state index in [1.807, 2.05) is 37.3 Å². The van der Waals surface area contributed by atoms with Gasteiger partial charge in [-0.3, -0.25) is 14.5 Å². The number of carbonyl (C=O) groups excluding carboxylic acids is 2. The van der Waals surface area contributed by atoms with Gasteiger partial charge in [-0.25, -0.2) is 0 Å². The lowest BCUT2D eigenvalue weighted by Crippen LogP contribution is -2.32. The summed E-state index contributed by atoms with van der Waals surface area (Å²) in [6, 6.07) is 16.5. The Labute approximate surface area is 152 Å². The summed E-state index contributed by atoms with van der Waals surface area (Å²) >= 11 is 0. The van der Waals surface area contributed by atoms with Crippen LogP contribution in [0.5, 0.6) is 5.75 Å². The Kier molecular flexibility index (Phi) is 5.17. The van der Waals surface area contributed by atoms with Gasteiger partial charge in [0.2, 0.25) is 0 Å². The Bertz CT molecular complexity index is 855. The second-order valence-electron chi connectivity index (χ2n) is 5.71. The van der Waals surface area contributed by atoms with Crippen molar-refractivity contribution >= 4 is 23.1 Å². The first kappa shape index (κ1) is 17.5. The van der Waals surface area contributed by atoms with Crippen molar-refractivity contribution in [3.05, 3.63) is 78.5 Å². The van der Waals surface area contributed by atoms with Gasteiger partial charge in [-0.15, -0.1) is 6.58 Å². The molecule has 0 radical (unpaired) electrons. The van der Waals surface area contributed by atoms with Gasteiger partial charge in [0.25, 0.3) is 11.8 Å². The Morgan fingerprint density at radius 3 is 2.35 bits per heavy atom. The monoisotopic (exact) mass is 348 g/mol. The summed E-state index contributed by atoms with van der Waals surface area (Å²) in [5.41, 5.74) is 2.03. The fourth-order valence-electron chi connectivity index (χ4n) is 2.81. The van der Waals surface area contributed by atoms with Gasteiger partial charge in [0.15, 0.2) is 0 Å². The lowest BCUT2D eigenvalue weighted by atomic mass is 10.0. The number of ether oxygens (including phenoxy) is 1. The number of hydrogen-bond donors (Lipinski definition) is 1. The minimum absolute atomic E-state index is 0.165. The number of carbonyl (C=O) groups is 2. The van der Waals surface area contributed by atoms with Gasteiger partial charge in [-0.2, -0.15) is 0 Å². The van der Waals surface area contributed by atoms with Crippen LogP contribution in [-0.2, 0) is 9.59 Å². The normalized spacial score (nSPS) is 14.0. The van der Waals surface area contributed by atoms with E-state index in [1.165, 1.54) is 11.0 Å². The Balaban J connectivity index is 2.03. The lowest BCUT2D eigenvalue weighted by molar-refractivity contribution is -0.136. The average molecular weight is 348 g/mol. The highest BCUT2D eigenvalue weighted by molar-refractivity contribution is 6.36. The zero-order valence-electron chi connectivity index (χ0n) is 14.6. The number of amides is 2. The van der Waals surface area contributed by atoms with Crippen LogP contribution in [0.1, 0.15) is 12.5 Å². The van der Waals surface area contributed by atoms with Crippen LogP contribution in [0.2, 0.25) is 0 Å². The van der Waals surface area contributed by atoms with Crippen LogP contribution in [-0.4, -0.2) is 29.9 Å². The summed E-state index contributed by atoms with van der Waals surface area (Å²) in [7, 11) is 0. The SMILES string of the molecule is C=CCN1C(=O)C(Nc2ccccc2)=C(c2ccc(OCC)cc2)C1=O. The molecular weight excluding hydrogens is 328 g/mol. The number of anilines is 1. The van der Waals surface area contributed by atoms with Crippen molar-refractivity contribution in [1.29, 1.82) is 0 Å². The number of hydrogen-bond acceptors (Lipinski definition) is 4. The van der Waals surface area contributed by atoms with Crippen LogP contribution in [0, 0.1) is 0 Å². The summed E-state index contributed by atoms with van der Waals surface area (Å²) in [5, 5.41) is 3.10. The van der Waals surface area contributed by atoms with E-state index < -0.39 is 0 Å². The maximum atomic E-state index is 12.8. The first-order valence-electron chi connectivity index (χ1n) is 8.42. The van der Waals surface area contributed by atoms with Gasteiger partial charge in [0, 0.05) is 12.2 Å². The van der Waals surface area contributed by atoms with Crippen molar-refractivity contribution in [3.63, 3.8) is 0 Å². The number of nitrogens with one attached hydrogen (secondary N) is 1. The highest BCUT2D eigenvalue weighted by atomic mass is 16.5. The van der Waals surface area contributed by atoms with E-state index in [2.05, 4.69) is 11.9 Å². The molecule has 26 heavy (non-hydrogen) atoms. The van der Waals surface area contributed by atoms with E-state index in [1.54, 1.807) is 24.3 Å². The molecule has 3 rings (SSSR count). The minimum atomic E-state index is -0.359. The van der Waals surface area contributed by atoms with Gasteiger partial charge in [0.1, 0.15) is 11.4 Å². The van der Waals surface area contributed by atoms with E-state index >= 15 is 0 Å². The Morgan fingerprint density at radius 2 is 1.73 bits per heavy atom. The predicted octanol–water partition coefficient (Wildman–Crippen LogP) is 3.46. The number of imide groups is 1. The topological polar surface area (TPSA) is 58.6 Å². The largest absolute Gasteiger partial charge is 0.494 e. The molecule has 5 nitrogen and oxygen atoms in total. The highest BCUT2D eigenvalue weighted by Crippen LogP contribution is 2.31. The molecule has 2 amide bonds. The molecule has 0 saturated heterocycles. The third-order valence-electron chi connectivity index (χ3n) is 3.98. The predicted molar refractivity (Wildman–Crippen MR) is 102 cm³/mol. The minimum Gasteiger partial charge on any atom is -0.494 e. The fraction of sp³-hybridized carbons (Fsp3) is 0.143. The van der Waals surface area contributed by atoms with Crippen molar-refractivity contribution in [1.82, 2.24) is 4.90 Å². The zero-order valence-corrected chi connectivity index (χ0v) is 14.6. The molecule has 1 heterocycles. The quantitative estimate of drug-likeness (QED) is 0.615. The maximum absolute atomic E-state index is 12.8. The van der Waals surface area contributed by atoms with Crippen molar-refractivity contribution in [2.24, 2.45) is 0 Å². The van der Waals surface area contributed by atoms with E-state index in [-0.39, 0.29) is 24.1 Å². The molecule has 0 aromatic heterocycles. The smallest absolute Gasteiger partial charge is 0.278 e. The van der Waals surface area contributed by atoms with Gasteiger partial charge in [-0.1, -0.05) is 36.4 Å². The molecule has 2 aromatic rings. The van der Waals surface area contributed by atoms with Crippen LogP contribution in [0.15, 0.2) is 72.9 Å². The molecule has 0 unspecified atom stereocenters. The molecule has 2 aromatic carbocycles. The molecule has 0 bridgehead atoms. The molecule has 0 spiro atoms. The van der Waals surface area contributed by atoms with Crippen LogP contribution in [0.25, 0.3) is 5.57 Å². The van der Waals surface area contributed by atoms with Gasteiger partial charge in [0.05, 0.1) is 12.2 Å². The molecule has 0 aliphatic carbocycles. The maximum Gasteiger partial charge on any atom is 0.278 e. The summed E-state index contributed by atoms with van der Waals surface area (Å²) in [4.78, 5) is 26.8. The zero-order chi connectivity index (χ0) is 18.5. The molecule has 1 N–H and O–H groups in total. The number of para-hydroxylation sites is 1. The number of benzene rings is 2. The molecule has 1 aliphatic rings. The van der Waals surface area contributed by atoms with Crippen molar-refractivity contribution in [2.75, 3.05) is 18.5 Å². The first-order valence-corrected chi connectivity index (χ1v) is 8.42. The first-order chi connectivity index (χ1) is 12.7. The second-order valence-corrected chi connectivity index (χ2v) is 5.71. The van der Waals surface area contributed by atoms with Crippen LogP contribution in [0.3, 0.4) is 0 Å². The van der Waals surface area contributed by atoms with E-state index in [0.717, 1.165) is 5.69 Å². The second kappa shape index (κ2) is 7.70. The molecule has 1 aliphatic heterocycles. The third kappa shape index (κ3) is 3.37. The average Bonchev–Trinajstić information content (AvgIpc) is 2.88. The van der Waals surface area contributed by atoms with Crippen LogP contribution in [0.4, 0.5) is 5.69 Å². The van der Waals surface area contributed by atoms with E-state index in [9.17, 15) is 9.59 Å². The number of rotatable bonds is 7. The molecule has 0 fully saturated rings. The van der Waals surface area contributed by atoms with Crippen molar-refractivity contribution in [3.8, 4) is 5.75 Å². The molecule has 5 heteroatoms. The van der Waals surface area contributed by atoms with Gasteiger partial charge in [-0.05, 0) is 36.8 Å². The van der Waals surface area contributed by atoms with Crippen molar-refractivity contribution in [2.45, 2.75) is 6.92 Å². The van der Waals surface area contributed by atoms with Gasteiger partial charge < -0.3 is 10.1 Å². The summed E-state index contributed by atoms with van der Waals surface area (Å²) in [5.74, 6) is 0.0225. The highest BCUT2D eigenvalue weighted by Gasteiger charge is 2.38. The molecule has 0 atom stereocenters. The van der Waals surface area contributed by atoms with E-state index in [0.29, 0.717) is 23.5 Å². The van der Waals surface area contributed by atoms with Crippen LogP contribution >= 0.6 is 0 Å². The van der Waals surface area contributed by atoms with Gasteiger partial charge >= 0.3 is 0 Å².